The number of hydrogen-bond acceptors (Lipinski definition) is 5. The van der Waals surface area contributed by atoms with Crippen molar-refractivity contribution < 1.29 is 9.53 Å². The first-order valence-corrected chi connectivity index (χ1v) is 11.5. The molecule has 0 atom stereocenters. The Hall–Kier alpha value is -3.12. The molecule has 3 aromatic rings. The molecule has 0 spiro atoms. The fourth-order valence-corrected chi connectivity index (χ4v) is 3.87. The van der Waals surface area contributed by atoms with E-state index < -0.39 is 0 Å². The maximum absolute atomic E-state index is 12.6. The molecule has 2 heterocycles. The van der Waals surface area contributed by atoms with Gasteiger partial charge in [0.25, 0.3) is 5.91 Å². The van der Waals surface area contributed by atoms with Crippen LogP contribution < -0.4 is 9.64 Å². The van der Waals surface area contributed by atoms with E-state index in [2.05, 4.69) is 48.0 Å². The summed E-state index contributed by atoms with van der Waals surface area (Å²) in [5, 5.41) is 9.44. The van der Waals surface area contributed by atoms with E-state index in [0.717, 1.165) is 17.1 Å². The lowest BCUT2D eigenvalue weighted by Gasteiger charge is -2.35. The number of piperazine rings is 1. The van der Waals surface area contributed by atoms with Crippen molar-refractivity contribution in [2.75, 3.05) is 37.7 Å². The molecule has 4 rings (SSSR count). The summed E-state index contributed by atoms with van der Waals surface area (Å²) in [7, 11) is 0. The van der Waals surface area contributed by atoms with E-state index in [1.165, 1.54) is 5.56 Å². The van der Waals surface area contributed by atoms with E-state index in [0.29, 0.717) is 37.0 Å². The number of ether oxygens (including phenoxy) is 1. The molecule has 0 N–H and O–H groups in total. The lowest BCUT2D eigenvalue weighted by Crippen LogP contribution is -2.50. The van der Waals surface area contributed by atoms with Crippen LogP contribution in [-0.4, -0.2) is 53.8 Å². The third kappa shape index (κ3) is 5.82. The molecule has 0 unspecified atom stereocenters. The Kier molecular flexibility index (Phi) is 6.84. The summed E-state index contributed by atoms with van der Waals surface area (Å²) in [5.41, 5.74) is 3.11. The van der Waals surface area contributed by atoms with Crippen LogP contribution in [0.15, 0.2) is 60.7 Å². The van der Waals surface area contributed by atoms with Crippen LogP contribution in [0.5, 0.6) is 5.75 Å². The van der Waals surface area contributed by atoms with E-state index in [4.69, 9.17) is 16.3 Å². The summed E-state index contributed by atoms with van der Waals surface area (Å²) in [6.07, 6.45) is 0. The van der Waals surface area contributed by atoms with E-state index in [-0.39, 0.29) is 17.9 Å². The number of anilines is 1. The monoisotopic (exact) mass is 464 g/mol. The van der Waals surface area contributed by atoms with Gasteiger partial charge in [0.15, 0.2) is 12.4 Å². The normalized spacial score (nSPS) is 14.3. The van der Waals surface area contributed by atoms with Gasteiger partial charge in [-0.15, -0.1) is 10.2 Å². The maximum atomic E-state index is 12.6. The lowest BCUT2D eigenvalue weighted by molar-refractivity contribution is -0.133. The molecule has 2 aromatic carbocycles. The van der Waals surface area contributed by atoms with Crippen molar-refractivity contribution in [1.29, 1.82) is 0 Å². The van der Waals surface area contributed by atoms with Crippen LogP contribution in [0.1, 0.15) is 26.3 Å². The van der Waals surface area contributed by atoms with Crippen LogP contribution in [0.2, 0.25) is 5.02 Å². The first-order chi connectivity index (χ1) is 15.8. The minimum Gasteiger partial charge on any atom is -0.484 e. The molecule has 1 aliphatic heterocycles. The molecule has 1 fully saturated rings. The number of rotatable bonds is 5. The zero-order chi connectivity index (χ0) is 23.4. The van der Waals surface area contributed by atoms with Crippen molar-refractivity contribution in [3.05, 3.63) is 71.2 Å². The first-order valence-electron chi connectivity index (χ1n) is 11.2. The quantitative estimate of drug-likeness (QED) is 0.541. The van der Waals surface area contributed by atoms with Crippen molar-refractivity contribution >= 4 is 23.3 Å². The minimum atomic E-state index is -0.00119. The predicted octanol–water partition coefficient (Wildman–Crippen LogP) is 4.82. The summed E-state index contributed by atoms with van der Waals surface area (Å²) in [6.45, 7) is 9.24. The molecule has 1 saturated heterocycles. The molecular formula is C26H29ClN4O2. The molecule has 7 heteroatoms. The van der Waals surface area contributed by atoms with Crippen LogP contribution in [0.4, 0.5) is 5.82 Å². The smallest absolute Gasteiger partial charge is 0.260 e. The predicted molar refractivity (Wildman–Crippen MR) is 132 cm³/mol. The number of carbonyl (C=O) groups excluding carboxylic acids is 1. The SMILES string of the molecule is CC(C)(C)c1ccc(OCC(=O)N2CCN(c3ccc(-c4ccc(Cl)cc4)nn3)CC2)cc1. The first kappa shape index (κ1) is 23.1. The molecular weight excluding hydrogens is 436 g/mol. The van der Waals surface area contributed by atoms with Crippen LogP contribution >= 0.6 is 11.6 Å². The number of nitrogens with zero attached hydrogens (tertiary/aromatic N) is 4. The lowest BCUT2D eigenvalue weighted by atomic mass is 9.87. The Morgan fingerprint density at radius 1 is 0.909 bits per heavy atom. The third-order valence-corrected chi connectivity index (χ3v) is 6.08. The van der Waals surface area contributed by atoms with Gasteiger partial charge in [0.05, 0.1) is 5.69 Å². The highest BCUT2D eigenvalue weighted by atomic mass is 35.5. The molecule has 0 saturated carbocycles. The molecule has 0 bridgehead atoms. The Bertz CT molecular complexity index is 1070. The molecule has 33 heavy (non-hydrogen) atoms. The van der Waals surface area contributed by atoms with Gasteiger partial charge in [-0.25, -0.2) is 0 Å². The van der Waals surface area contributed by atoms with Crippen molar-refractivity contribution in [2.24, 2.45) is 0 Å². The Labute approximate surface area is 200 Å². The standard InChI is InChI=1S/C26H29ClN4O2/c1-26(2,3)20-6-10-22(11-7-20)33-18-25(32)31-16-14-30(15-17-31)24-13-12-23(28-29-24)19-4-8-21(27)9-5-19/h4-13H,14-18H2,1-3H3. The van der Waals surface area contributed by atoms with Gasteiger partial charge in [0, 0.05) is 36.8 Å². The molecule has 6 nitrogen and oxygen atoms in total. The van der Waals surface area contributed by atoms with Crippen molar-refractivity contribution in [3.63, 3.8) is 0 Å². The fraction of sp³-hybridized carbons (Fsp3) is 0.346. The van der Waals surface area contributed by atoms with Gasteiger partial charge in [0.1, 0.15) is 5.75 Å². The highest BCUT2D eigenvalue weighted by Crippen LogP contribution is 2.24. The number of aromatic nitrogens is 2. The highest BCUT2D eigenvalue weighted by molar-refractivity contribution is 6.30. The summed E-state index contributed by atoms with van der Waals surface area (Å²) in [6, 6.07) is 19.4. The maximum Gasteiger partial charge on any atom is 0.260 e. The molecule has 0 radical (unpaired) electrons. The fourth-order valence-electron chi connectivity index (χ4n) is 3.74. The van der Waals surface area contributed by atoms with E-state index in [1.54, 1.807) is 0 Å². The molecule has 1 aromatic heterocycles. The van der Waals surface area contributed by atoms with Gasteiger partial charge in [-0.2, -0.15) is 0 Å². The highest BCUT2D eigenvalue weighted by Gasteiger charge is 2.22. The van der Waals surface area contributed by atoms with Crippen LogP contribution in [0.25, 0.3) is 11.3 Å². The van der Waals surface area contributed by atoms with Crippen LogP contribution in [0, 0.1) is 0 Å². The van der Waals surface area contributed by atoms with Crippen molar-refractivity contribution in [3.8, 4) is 17.0 Å². The van der Waals surface area contributed by atoms with E-state index in [1.807, 2.05) is 53.4 Å². The average molecular weight is 465 g/mol. The summed E-state index contributed by atoms with van der Waals surface area (Å²) < 4.78 is 5.73. The Balaban J connectivity index is 1.27. The second kappa shape index (κ2) is 9.79. The Morgan fingerprint density at radius 2 is 1.58 bits per heavy atom. The van der Waals surface area contributed by atoms with Gasteiger partial charge < -0.3 is 14.5 Å². The molecule has 0 aliphatic carbocycles. The van der Waals surface area contributed by atoms with Crippen molar-refractivity contribution in [2.45, 2.75) is 26.2 Å². The summed E-state index contributed by atoms with van der Waals surface area (Å²) in [4.78, 5) is 16.6. The van der Waals surface area contributed by atoms with Gasteiger partial charge in [-0.3, -0.25) is 4.79 Å². The number of halogens is 1. The molecule has 1 aliphatic rings. The van der Waals surface area contributed by atoms with Gasteiger partial charge in [-0.1, -0.05) is 56.6 Å². The van der Waals surface area contributed by atoms with E-state index >= 15 is 0 Å². The van der Waals surface area contributed by atoms with Gasteiger partial charge >= 0.3 is 0 Å². The zero-order valence-electron chi connectivity index (χ0n) is 19.3. The molecule has 172 valence electrons. The number of carbonyl (C=O) groups is 1. The van der Waals surface area contributed by atoms with Crippen LogP contribution in [0.3, 0.4) is 0 Å². The Morgan fingerprint density at radius 3 is 2.15 bits per heavy atom. The summed E-state index contributed by atoms with van der Waals surface area (Å²) >= 11 is 5.95. The second-order valence-electron chi connectivity index (χ2n) is 9.21. The van der Waals surface area contributed by atoms with Crippen LogP contribution in [-0.2, 0) is 10.2 Å². The third-order valence-electron chi connectivity index (χ3n) is 5.83. The topological polar surface area (TPSA) is 58.6 Å². The number of hydrogen-bond donors (Lipinski definition) is 0. The van der Waals surface area contributed by atoms with Gasteiger partial charge in [-0.05, 0) is 47.4 Å². The number of amides is 1. The minimum absolute atomic E-state index is 0.00119. The largest absolute Gasteiger partial charge is 0.484 e. The van der Waals surface area contributed by atoms with Gasteiger partial charge in [0.2, 0.25) is 0 Å². The zero-order valence-corrected chi connectivity index (χ0v) is 20.0. The number of benzene rings is 2. The van der Waals surface area contributed by atoms with E-state index in [9.17, 15) is 4.79 Å². The molecule has 1 amide bonds. The second-order valence-corrected chi connectivity index (χ2v) is 9.65. The van der Waals surface area contributed by atoms with Crippen molar-refractivity contribution in [1.82, 2.24) is 15.1 Å². The summed E-state index contributed by atoms with van der Waals surface area (Å²) in [5.74, 6) is 1.53. The average Bonchev–Trinajstić information content (AvgIpc) is 2.83.